The number of H-pyrrole nitrogens is 1. The maximum Gasteiger partial charge on any atom is 0.266 e. The fourth-order valence-corrected chi connectivity index (χ4v) is 2.91. The third-order valence-corrected chi connectivity index (χ3v) is 4.45. The van der Waals surface area contributed by atoms with Crippen molar-refractivity contribution in [2.75, 3.05) is 18.4 Å². The van der Waals surface area contributed by atoms with Gasteiger partial charge in [-0.2, -0.15) is 0 Å². The van der Waals surface area contributed by atoms with Crippen LogP contribution < -0.4 is 16.6 Å². The number of aromatic amines is 1. The quantitative estimate of drug-likeness (QED) is 0.713. The lowest BCUT2D eigenvalue weighted by Gasteiger charge is -2.18. The molecule has 94 valence electrons. The van der Waals surface area contributed by atoms with Crippen LogP contribution in [0.5, 0.6) is 0 Å². The molecule has 0 spiro atoms. The first-order valence-corrected chi connectivity index (χ1v) is 6.97. The molecule has 0 amide bonds. The first-order chi connectivity index (χ1) is 8.22. The first kappa shape index (κ1) is 12.8. The molecule has 0 bridgehead atoms. The third kappa shape index (κ3) is 2.98. The Kier molecular flexibility index (Phi) is 4.38. The van der Waals surface area contributed by atoms with Gasteiger partial charge < -0.3 is 16.0 Å². The van der Waals surface area contributed by atoms with Crippen molar-refractivity contribution in [1.82, 2.24) is 9.97 Å². The van der Waals surface area contributed by atoms with Crippen molar-refractivity contribution in [2.45, 2.75) is 19.3 Å². The van der Waals surface area contributed by atoms with Crippen molar-refractivity contribution >= 4 is 28.4 Å². The van der Waals surface area contributed by atoms with Gasteiger partial charge in [-0.25, -0.2) is 4.98 Å². The Morgan fingerprint density at radius 1 is 1.53 bits per heavy atom. The van der Waals surface area contributed by atoms with E-state index in [1.54, 1.807) is 0 Å². The van der Waals surface area contributed by atoms with Gasteiger partial charge in [0.2, 0.25) is 0 Å². The van der Waals surface area contributed by atoms with Crippen LogP contribution in [0.4, 0.5) is 5.82 Å². The zero-order chi connectivity index (χ0) is 12.3. The number of hydrogen-bond acceptors (Lipinski definition) is 4. The number of anilines is 1. The van der Waals surface area contributed by atoms with Crippen LogP contribution in [0.3, 0.4) is 0 Å². The molecule has 1 fully saturated rings. The highest BCUT2D eigenvalue weighted by Crippen LogP contribution is 2.30. The largest absolute Gasteiger partial charge is 0.369 e. The van der Waals surface area contributed by atoms with Crippen LogP contribution in [-0.2, 0) is 0 Å². The monoisotopic (exact) mass is 348 g/mol. The molecule has 17 heavy (non-hydrogen) atoms. The first-order valence-electron chi connectivity index (χ1n) is 5.89. The predicted molar refractivity (Wildman–Crippen MR) is 75.9 cm³/mol. The molecule has 0 aliphatic heterocycles. The van der Waals surface area contributed by atoms with Gasteiger partial charge in [-0.1, -0.05) is 6.42 Å². The minimum Gasteiger partial charge on any atom is -0.369 e. The molecular formula is C11H17IN4O. The van der Waals surface area contributed by atoms with Crippen molar-refractivity contribution < 1.29 is 0 Å². The molecule has 6 heteroatoms. The number of rotatable bonds is 4. The molecule has 2 atom stereocenters. The molecule has 2 rings (SSSR count). The summed E-state index contributed by atoms with van der Waals surface area (Å²) in [5, 5.41) is 3.27. The Bertz CT molecular complexity index is 434. The number of nitrogens with one attached hydrogen (secondary N) is 2. The number of aromatic nitrogens is 2. The lowest BCUT2D eigenvalue weighted by atomic mass is 9.96. The molecule has 5 nitrogen and oxygen atoms in total. The number of nitrogens with two attached hydrogens (primary N) is 1. The fraction of sp³-hybridized carbons (Fsp3) is 0.636. The summed E-state index contributed by atoms with van der Waals surface area (Å²) in [7, 11) is 0. The van der Waals surface area contributed by atoms with Crippen LogP contribution in [0.15, 0.2) is 11.1 Å². The average Bonchev–Trinajstić information content (AvgIpc) is 2.78. The SMILES string of the molecule is NCC1CCCC1CNc1nc[nH]c(=O)c1I. The van der Waals surface area contributed by atoms with E-state index in [1.165, 1.54) is 25.6 Å². The molecule has 0 saturated heterocycles. The van der Waals surface area contributed by atoms with Gasteiger partial charge in [0.15, 0.2) is 0 Å². The highest BCUT2D eigenvalue weighted by Gasteiger charge is 2.25. The van der Waals surface area contributed by atoms with Crippen LogP contribution in [-0.4, -0.2) is 23.1 Å². The Morgan fingerprint density at radius 2 is 2.29 bits per heavy atom. The molecule has 1 aliphatic carbocycles. The standard InChI is InChI=1S/C11H17IN4O/c12-9-10(15-6-16-11(9)17)14-5-8-3-1-2-7(8)4-13/h6-8H,1-5,13H2,(H2,14,15,16,17). The van der Waals surface area contributed by atoms with Gasteiger partial charge in [0.25, 0.3) is 5.56 Å². The van der Waals surface area contributed by atoms with Crippen LogP contribution in [0.2, 0.25) is 0 Å². The molecule has 1 aromatic heterocycles. The van der Waals surface area contributed by atoms with E-state index in [9.17, 15) is 4.79 Å². The van der Waals surface area contributed by atoms with Crippen LogP contribution in [0.25, 0.3) is 0 Å². The van der Waals surface area contributed by atoms with Crippen molar-refractivity contribution in [3.8, 4) is 0 Å². The van der Waals surface area contributed by atoms with Gasteiger partial charge in [-0.05, 0) is 53.8 Å². The number of halogens is 1. The molecule has 1 aromatic rings. The zero-order valence-corrected chi connectivity index (χ0v) is 11.7. The number of nitrogens with zero attached hydrogens (tertiary/aromatic N) is 1. The molecule has 1 aliphatic rings. The fourth-order valence-electron chi connectivity index (χ4n) is 2.43. The van der Waals surface area contributed by atoms with Crippen molar-refractivity contribution in [2.24, 2.45) is 17.6 Å². The second kappa shape index (κ2) is 5.81. The summed E-state index contributed by atoms with van der Waals surface area (Å²) < 4.78 is 0.618. The lowest BCUT2D eigenvalue weighted by Crippen LogP contribution is -2.25. The van der Waals surface area contributed by atoms with Crippen molar-refractivity contribution in [3.05, 3.63) is 20.3 Å². The Labute approximate surface area is 114 Å². The van der Waals surface area contributed by atoms with Gasteiger partial charge in [0.1, 0.15) is 9.39 Å². The molecule has 0 aromatic carbocycles. The van der Waals surface area contributed by atoms with E-state index in [2.05, 4.69) is 15.3 Å². The smallest absolute Gasteiger partial charge is 0.266 e. The van der Waals surface area contributed by atoms with E-state index >= 15 is 0 Å². The van der Waals surface area contributed by atoms with Gasteiger partial charge in [0.05, 0.1) is 6.33 Å². The van der Waals surface area contributed by atoms with E-state index in [1.807, 2.05) is 22.6 Å². The Morgan fingerprint density at radius 3 is 3.06 bits per heavy atom. The highest BCUT2D eigenvalue weighted by molar-refractivity contribution is 14.1. The van der Waals surface area contributed by atoms with E-state index in [-0.39, 0.29) is 5.56 Å². The maximum atomic E-state index is 11.4. The second-order valence-corrected chi connectivity index (χ2v) is 5.54. The zero-order valence-electron chi connectivity index (χ0n) is 9.58. The minimum atomic E-state index is -0.0927. The normalized spacial score (nSPS) is 23.9. The van der Waals surface area contributed by atoms with Crippen LogP contribution in [0, 0.1) is 15.4 Å². The van der Waals surface area contributed by atoms with Crippen molar-refractivity contribution in [3.63, 3.8) is 0 Å². The molecule has 0 radical (unpaired) electrons. The van der Waals surface area contributed by atoms with E-state index in [4.69, 9.17) is 5.73 Å². The summed E-state index contributed by atoms with van der Waals surface area (Å²) in [6.45, 7) is 1.61. The highest BCUT2D eigenvalue weighted by atomic mass is 127. The summed E-state index contributed by atoms with van der Waals surface area (Å²) in [6.07, 6.45) is 5.13. The summed E-state index contributed by atoms with van der Waals surface area (Å²) in [5.41, 5.74) is 5.65. The van der Waals surface area contributed by atoms with Gasteiger partial charge in [-0.3, -0.25) is 4.79 Å². The summed E-state index contributed by atoms with van der Waals surface area (Å²) in [4.78, 5) is 18.1. The second-order valence-electron chi connectivity index (χ2n) is 4.46. The predicted octanol–water partition coefficient (Wildman–Crippen LogP) is 1.16. The van der Waals surface area contributed by atoms with Gasteiger partial charge >= 0.3 is 0 Å². The van der Waals surface area contributed by atoms with Crippen LogP contribution >= 0.6 is 22.6 Å². The molecule has 1 saturated carbocycles. The summed E-state index contributed by atoms with van der Waals surface area (Å²) >= 11 is 2.01. The lowest BCUT2D eigenvalue weighted by molar-refractivity contribution is 0.414. The molecule has 1 heterocycles. The van der Waals surface area contributed by atoms with E-state index in [0.717, 1.165) is 13.1 Å². The van der Waals surface area contributed by atoms with Crippen molar-refractivity contribution in [1.29, 1.82) is 0 Å². The summed E-state index contributed by atoms with van der Waals surface area (Å²) in [5.74, 6) is 1.90. The van der Waals surface area contributed by atoms with Gasteiger partial charge in [-0.15, -0.1) is 0 Å². The average molecular weight is 348 g/mol. The third-order valence-electron chi connectivity index (χ3n) is 3.45. The van der Waals surface area contributed by atoms with Crippen LogP contribution in [0.1, 0.15) is 19.3 Å². The Hall–Kier alpha value is -0.630. The number of hydrogen-bond donors (Lipinski definition) is 3. The molecule has 2 unspecified atom stereocenters. The molecule has 4 N–H and O–H groups in total. The summed E-state index contributed by atoms with van der Waals surface area (Å²) in [6, 6.07) is 0. The topological polar surface area (TPSA) is 83.8 Å². The van der Waals surface area contributed by atoms with E-state index in [0.29, 0.717) is 21.2 Å². The van der Waals surface area contributed by atoms with Gasteiger partial charge in [0, 0.05) is 6.54 Å². The maximum absolute atomic E-state index is 11.4. The van der Waals surface area contributed by atoms with E-state index < -0.39 is 0 Å². The minimum absolute atomic E-state index is 0.0927. The Balaban J connectivity index is 1.98. The molecular weight excluding hydrogens is 331 g/mol.